The van der Waals surface area contributed by atoms with Crippen LogP contribution in [-0.4, -0.2) is 18.3 Å². The highest BCUT2D eigenvalue weighted by molar-refractivity contribution is 5.47. The van der Waals surface area contributed by atoms with Gasteiger partial charge in [-0.2, -0.15) is 0 Å². The normalized spacial score (nSPS) is 10.1. The number of nitrogens with zero attached hydrogens (tertiary/aromatic N) is 2. The molecule has 0 aliphatic heterocycles. The maximum Gasteiger partial charge on any atom is 0.340 e. The average Bonchev–Trinajstić information content (AvgIpc) is 2.52. The van der Waals surface area contributed by atoms with E-state index < -0.39 is 0 Å². The number of rotatable bonds is 6. The van der Waals surface area contributed by atoms with E-state index in [0.29, 0.717) is 0 Å². The Morgan fingerprint density at radius 1 is 1.00 bits per heavy atom. The SMILES string of the molecule is C#[N+]c1cccc(CCCCc2cccc([N+](=C)C)c2)c1. The van der Waals surface area contributed by atoms with Crippen LogP contribution in [0.4, 0.5) is 11.4 Å². The van der Waals surface area contributed by atoms with E-state index in [0.717, 1.165) is 24.2 Å². The van der Waals surface area contributed by atoms with Gasteiger partial charge in [-0.15, -0.1) is 0 Å². The molecule has 0 bridgehead atoms. The monoisotopic (exact) mass is 278 g/mol. The molecule has 0 aliphatic carbocycles. The van der Waals surface area contributed by atoms with Gasteiger partial charge in [0.2, 0.25) is 5.69 Å². The summed E-state index contributed by atoms with van der Waals surface area (Å²) < 4.78 is 1.89. The van der Waals surface area contributed by atoms with Gasteiger partial charge >= 0.3 is 5.69 Å². The van der Waals surface area contributed by atoms with Crippen molar-refractivity contribution >= 4 is 18.1 Å². The van der Waals surface area contributed by atoms with Crippen LogP contribution in [0.1, 0.15) is 24.0 Å². The fourth-order valence-corrected chi connectivity index (χ4v) is 2.40. The van der Waals surface area contributed by atoms with Crippen LogP contribution in [0.5, 0.6) is 0 Å². The van der Waals surface area contributed by atoms with Crippen molar-refractivity contribution in [1.29, 1.82) is 0 Å². The summed E-state index contributed by atoms with van der Waals surface area (Å²) in [6.07, 6.45) is 4.51. The number of aryl methyl sites for hydroxylation is 2. The molecule has 0 fully saturated rings. The van der Waals surface area contributed by atoms with Crippen LogP contribution in [0.15, 0.2) is 48.5 Å². The second kappa shape index (κ2) is 7.40. The van der Waals surface area contributed by atoms with Crippen molar-refractivity contribution in [3.8, 4) is 6.57 Å². The molecule has 0 unspecified atom stereocenters. The lowest BCUT2D eigenvalue weighted by Gasteiger charge is -2.03. The Labute approximate surface area is 127 Å². The third-order valence-electron chi connectivity index (χ3n) is 3.59. The molecule has 0 spiro atoms. The molecule has 2 heteroatoms. The van der Waals surface area contributed by atoms with E-state index in [4.69, 9.17) is 6.57 Å². The number of benzene rings is 2. The third kappa shape index (κ3) is 4.57. The van der Waals surface area contributed by atoms with Crippen LogP contribution in [0.25, 0.3) is 4.85 Å². The predicted molar refractivity (Wildman–Crippen MR) is 90.5 cm³/mol. The molecule has 106 valence electrons. The molecule has 0 N–H and O–H groups in total. The first-order chi connectivity index (χ1) is 10.2. The highest BCUT2D eigenvalue weighted by Gasteiger charge is 2.04. The molecule has 0 aliphatic rings. The zero-order valence-electron chi connectivity index (χ0n) is 12.6. The van der Waals surface area contributed by atoms with E-state index in [1.165, 1.54) is 24.0 Å². The number of hydrogen-bond donors (Lipinski definition) is 0. The number of hydrogen-bond acceptors (Lipinski definition) is 0. The lowest BCUT2D eigenvalue weighted by atomic mass is 10.0. The van der Waals surface area contributed by atoms with E-state index in [-0.39, 0.29) is 0 Å². The maximum atomic E-state index is 5.30. The maximum absolute atomic E-state index is 5.30. The molecular formula is C19H22N2+2. The van der Waals surface area contributed by atoms with Gasteiger partial charge < -0.3 is 0 Å². The van der Waals surface area contributed by atoms with E-state index in [1.807, 2.05) is 23.8 Å². The zero-order valence-corrected chi connectivity index (χ0v) is 12.6. The molecular weight excluding hydrogens is 256 g/mol. The molecule has 2 aromatic rings. The molecule has 0 atom stereocenters. The van der Waals surface area contributed by atoms with E-state index in [2.05, 4.69) is 48.0 Å². The summed E-state index contributed by atoms with van der Waals surface area (Å²) in [5.74, 6) is 0. The van der Waals surface area contributed by atoms with Crippen molar-refractivity contribution in [2.75, 3.05) is 7.05 Å². The zero-order chi connectivity index (χ0) is 15.1. The average molecular weight is 278 g/mol. The number of unbranched alkanes of at least 4 members (excludes halogenated alkanes) is 1. The molecule has 0 amide bonds. The van der Waals surface area contributed by atoms with Gasteiger partial charge in [0, 0.05) is 24.3 Å². The smallest absolute Gasteiger partial charge is 0.208 e. The summed E-state index contributed by atoms with van der Waals surface area (Å²) >= 11 is 0. The fraction of sp³-hybridized carbons (Fsp3) is 0.263. The summed E-state index contributed by atoms with van der Waals surface area (Å²) in [4.78, 5) is 3.72. The van der Waals surface area contributed by atoms with Crippen LogP contribution < -0.4 is 0 Å². The van der Waals surface area contributed by atoms with Crippen molar-refractivity contribution in [2.24, 2.45) is 0 Å². The van der Waals surface area contributed by atoms with Gasteiger partial charge in [-0.05, 0) is 41.7 Å². The molecule has 0 heterocycles. The Bertz CT molecular complexity index is 665. The summed E-state index contributed by atoms with van der Waals surface area (Å²) in [5, 5.41) is 0. The highest BCUT2D eigenvalue weighted by Crippen LogP contribution is 2.17. The summed E-state index contributed by atoms with van der Waals surface area (Å²) in [6, 6.07) is 16.7. The molecule has 0 saturated carbocycles. The van der Waals surface area contributed by atoms with Gasteiger partial charge in [-0.1, -0.05) is 24.3 Å². The van der Waals surface area contributed by atoms with Crippen LogP contribution in [0, 0.1) is 6.57 Å². The minimum absolute atomic E-state index is 0.846. The van der Waals surface area contributed by atoms with Crippen molar-refractivity contribution in [3.63, 3.8) is 0 Å². The minimum Gasteiger partial charge on any atom is -0.208 e. The Hall–Kier alpha value is -2.40. The minimum atomic E-state index is 0.846. The lowest BCUT2D eigenvalue weighted by Crippen LogP contribution is -1.94. The predicted octanol–water partition coefficient (Wildman–Crippen LogP) is 4.82. The topological polar surface area (TPSA) is 7.37 Å². The molecule has 2 aromatic carbocycles. The molecule has 2 rings (SSSR count). The Morgan fingerprint density at radius 3 is 2.24 bits per heavy atom. The summed E-state index contributed by atoms with van der Waals surface area (Å²) in [6.45, 7) is 9.22. The van der Waals surface area contributed by atoms with Crippen molar-refractivity contribution in [2.45, 2.75) is 25.7 Å². The van der Waals surface area contributed by atoms with Crippen molar-refractivity contribution in [1.82, 2.24) is 0 Å². The highest BCUT2D eigenvalue weighted by atomic mass is 14.9. The van der Waals surface area contributed by atoms with E-state index >= 15 is 0 Å². The third-order valence-corrected chi connectivity index (χ3v) is 3.59. The van der Waals surface area contributed by atoms with Crippen LogP contribution in [0.2, 0.25) is 0 Å². The van der Waals surface area contributed by atoms with Gasteiger partial charge in [-0.25, -0.2) is 4.58 Å². The van der Waals surface area contributed by atoms with E-state index in [9.17, 15) is 0 Å². The first-order valence-electron chi connectivity index (χ1n) is 7.32. The Balaban J connectivity index is 1.83. The van der Waals surface area contributed by atoms with Crippen LogP contribution in [-0.2, 0) is 12.8 Å². The van der Waals surface area contributed by atoms with Gasteiger partial charge in [0.1, 0.15) is 13.8 Å². The summed E-state index contributed by atoms with van der Waals surface area (Å²) in [7, 11) is 1.97. The second-order valence-corrected chi connectivity index (χ2v) is 5.37. The molecule has 2 nitrogen and oxygen atoms in total. The molecule has 0 saturated heterocycles. The van der Waals surface area contributed by atoms with Crippen molar-refractivity contribution < 1.29 is 4.58 Å². The van der Waals surface area contributed by atoms with Gasteiger partial charge in [0.05, 0.1) is 0 Å². The molecule has 0 radical (unpaired) electrons. The summed E-state index contributed by atoms with van der Waals surface area (Å²) in [5.41, 5.74) is 4.67. The fourth-order valence-electron chi connectivity index (χ4n) is 2.40. The first-order valence-corrected chi connectivity index (χ1v) is 7.32. The van der Waals surface area contributed by atoms with Crippen molar-refractivity contribution in [3.05, 3.63) is 64.5 Å². The first kappa shape index (κ1) is 15.0. The Kier molecular flexibility index (Phi) is 5.29. The quantitative estimate of drug-likeness (QED) is 0.406. The van der Waals surface area contributed by atoms with Gasteiger partial charge in [0.25, 0.3) is 6.57 Å². The van der Waals surface area contributed by atoms with Gasteiger partial charge in [0.15, 0.2) is 0 Å². The van der Waals surface area contributed by atoms with Crippen LogP contribution in [0.3, 0.4) is 0 Å². The molecule has 21 heavy (non-hydrogen) atoms. The standard InChI is InChI=1S/C19H22N2/c1-20-18-12-6-10-16(14-18)8-4-5-9-17-11-7-13-19(15-17)21(2)3/h1,6-7,10-15H,2,4-5,8-9H2,3H3/q+2. The second-order valence-electron chi connectivity index (χ2n) is 5.37. The van der Waals surface area contributed by atoms with E-state index in [1.54, 1.807) is 0 Å². The lowest BCUT2D eigenvalue weighted by molar-refractivity contribution is -0.394. The molecule has 0 aromatic heterocycles. The van der Waals surface area contributed by atoms with Crippen LogP contribution >= 0.6 is 0 Å². The largest absolute Gasteiger partial charge is 0.340 e. The van der Waals surface area contributed by atoms with Gasteiger partial charge in [-0.3, -0.25) is 0 Å². The Morgan fingerprint density at radius 2 is 1.62 bits per heavy atom.